The number of hydrogen-bond donors (Lipinski definition) is 1. The van der Waals surface area contributed by atoms with E-state index in [1.165, 1.54) is 22.9 Å². The number of halogens is 4. The highest BCUT2D eigenvalue weighted by Gasteiger charge is 2.35. The van der Waals surface area contributed by atoms with Gasteiger partial charge in [0.25, 0.3) is 0 Å². The zero-order valence-corrected chi connectivity index (χ0v) is 25.5. The van der Waals surface area contributed by atoms with Gasteiger partial charge in [-0.25, -0.2) is 12.8 Å². The topological polar surface area (TPSA) is 81.9 Å². The molecule has 234 valence electrons. The summed E-state index contributed by atoms with van der Waals surface area (Å²) in [5.41, 5.74) is 1.60. The van der Waals surface area contributed by atoms with Gasteiger partial charge in [0.2, 0.25) is 10.0 Å². The molecule has 2 aromatic rings. The molecule has 2 atom stereocenters. The predicted octanol–water partition coefficient (Wildman–Crippen LogP) is 3.87. The summed E-state index contributed by atoms with van der Waals surface area (Å²) in [6.45, 7) is 4.29. The summed E-state index contributed by atoms with van der Waals surface area (Å²) in [5, 5.41) is 15.7. The SMILES string of the molecule is CS(=O)(=O)N1CCc2c(c(-c3ccc(C(F)(F)F)c(SCCN4CC[C@H](F)C4)c3)nn2C[C@@H](O)CN2CCCCC2)C1. The van der Waals surface area contributed by atoms with Crippen LogP contribution in [0.15, 0.2) is 23.1 Å². The van der Waals surface area contributed by atoms with Crippen LogP contribution in [0.2, 0.25) is 0 Å². The summed E-state index contributed by atoms with van der Waals surface area (Å²) in [7, 11) is -3.50. The highest BCUT2D eigenvalue weighted by atomic mass is 32.2. The Morgan fingerprint density at radius 3 is 2.52 bits per heavy atom. The van der Waals surface area contributed by atoms with Crippen molar-refractivity contribution < 1.29 is 31.1 Å². The number of aliphatic hydroxyl groups is 1. The molecule has 2 saturated heterocycles. The van der Waals surface area contributed by atoms with Crippen LogP contribution in [-0.4, -0.2) is 108 Å². The van der Waals surface area contributed by atoms with E-state index in [9.17, 15) is 31.1 Å². The third kappa shape index (κ3) is 7.68. The molecule has 0 saturated carbocycles. The Kier molecular flexibility index (Phi) is 9.90. The van der Waals surface area contributed by atoms with Gasteiger partial charge in [0.1, 0.15) is 6.17 Å². The largest absolute Gasteiger partial charge is 0.417 e. The Balaban J connectivity index is 1.44. The maximum absolute atomic E-state index is 14.0. The third-order valence-electron chi connectivity index (χ3n) is 8.31. The van der Waals surface area contributed by atoms with Gasteiger partial charge in [0.15, 0.2) is 0 Å². The van der Waals surface area contributed by atoms with E-state index in [1.807, 2.05) is 4.90 Å². The number of hydrogen-bond acceptors (Lipinski definition) is 7. The van der Waals surface area contributed by atoms with Crippen molar-refractivity contribution in [1.29, 1.82) is 0 Å². The minimum absolute atomic E-state index is 0.0557. The zero-order valence-electron chi connectivity index (χ0n) is 23.8. The van der Waals surface area contributed by atoms with Crippen molar-refractivity contribution in [3.63, 3.8) is 0 Å². The average Bonchev–Trinajstić information content (AvgIpc) is 3.50. The van der Waals surface area contributed by atoms with Gasteiger partial charge in [0, 0.05) is 73.2 Å². The number of piperidine rings is 1. The Hall–Kier alpha value is -1.71. The first kappa shape index (κ1) is 31.7. The summed E-state index contributed by atoms with van der Waals surface area (Å²) >= 11 is 1.08. The molecule has 0 radical (unpaired) electrons. The van der Waals surface area contributed by atoms with E-state index in [-0.39, 0.29) is 24.5 Å². The van der Waals surface area contributed by atoms with Crippen molar-refractivity contribution in [1.82, 2.24) is 23.9 Å². The Morgan fingerprint density at radius 2 is 1.86 bits per heavy atom. The molecule has 1 aromatic heterocycles. The van der Waals surface area contributed by atoms with Crippen LogP contribution in [0, 0.1) is 0 Å². The van der Waals surface area contributed by atoms with Gasteiger partial charge in [-0.1, -0.05) is 12.5 Å². The molecule has 2 fully saturated rings. The maximum atomic E-state index is 14.0. The monoisotopic (exact) mass is 633 g/mol. The maximum Gasteiger partial charge on any atom is 0.417 e. The number of β-amino-alcohol motifs (C(OH)–C–C–N with tert-alkyl or cyclic N) is 1. The van der Waals surface area contributed by atoms with Crippen molar-refractivity contribution in [2.75, 3.05) is 57.8 Å². The normalized spacial score (nSPS) is 22.0. The molecular weight excluding hydrogens is 594 g/mol. The van der Waals surface area contributed by atoms with Crippen molar-refractivity contribution >= 4 is 21.8 Å². The molecule has 8 nitrogen and oxygen atoms in total. The second-order valence-electron chi connectivity index (χ2n) is 11.6. The van der Waals surface area contributed by atoms with E-state index in [1.54, 1.807) is 4.68 Å². The molecule has 4 heterocycles. The van der Waals surface area contributed by atoms with Crippen LogP contribution < -0.4 is 0 Å². The van der Waals surface area contributed by atoms with E-state index < -0.39 is 34.0 Å². The molecule has 3 aliphatic rings. The second kappa shape index (κ2) is 13.1. The Bertz CT molecular complexity index is 1350. The fraction of sp³-hybridized carbons (Fsp3) is 0.679. The molecule has 1 N–H and O–H groups in total. The van der Waals surface area contributed by atoms with Crippen LogP contribution in [0.25, 0.3) is 11.3 Å². The lowest BCUT2D eigenvalue weighted by molar-refractivity contribution is -0.139. The Morgan fingerprint density at radius 1 is 1.10 bits per heavy atom. The van der Waals surface area contributed by atoms with Crippen molar-refractivity contribution in [2.24, 2.45) is 0 Å². The van der Waals surface area contributed by atoms with Gasteiger partial charge in [0.05, 0.1) is 30.2 Å². The molecule has 3 aliphatic heterocycles. The number of aliphatic hydroxyl groups excluding tert-OH is 1. The predicted molar refractivity (Wildman–Crippen MR) is 155 cm³/mol. The number of sulfonamides is 1. The molecule has 0 spiro atoms. The molecule has 1 aromatic carbocycles. The number of alkyl halides is 4. The summed E-state index contributed by atoms with van der Waals surface area (Å²) in [5.74, 6) is 0.371. The Labute approximate surface area is 249 Å². The minimum atomic E-state index is -4.55. The number of fused-ring (bicyclic) bond motifs is 1. The fourth-order valence-electron chi connectivity index (χ4n) is 6.13. The first-order valence-electron chi connectivity index (χ1n) is 14.5. The highest BCUT2D eigenvalue weighted by Crippen LogP contribution is 2.40. The van der Waals surface area contributed by atoms with Gasteiger partial charge in [-0.2, -0.15) is 22.6 Å². The zero-order chi connectivity index (χ0) is 30.1. The van der Waals surface area contributed by atoms with Crippen LogP contribution in [0.5, 0.6) is 0 Å². The number of benzene rings is 1. The molecule has 0 bridgehead atoms. The van der Waals surface area contributed by atoms with Gasteiger partial charge in [-0.05, 0) is 44.5 Å². The van der Waals surface area contributed by atoms with Gasteiger partial charge >= 0.3 is 6.18 Å². The average molecular weight is 634 g/mol. The number of aromatic nitrogens is 2. The molecule has 0 amide bonds. The lowest BCUT2D eigenvalue weighted by Gasteiger charge is -2.29. The van der Waals surface area contributed by atoms with Crippen LogP contribution in [-0.2, 0) is 35.7 Å². The second-order valence-corrected chi connectivity index (χ2v) is 14.7. The number of nitrogens with zero attached hydrogens (tertiary/aromatic N) is 5. The molecule has 42 heavy (non-hydrogen) atoms. The lowest BCUT2D eigenvalue weighted by atomic mass is 10.0. The van der Waals surface area contributed by atoms with Crippen LogP contribution in [0.1, 0.15) is 42.5 Å². The van der Waals surface area contributed by atoms with Gasteiger partial charge in [-0.15, -0.1) is 11.8 Å². The van der Waals surface area contributed by atoms with E-state index in [2.05, 4.69) is 4.90 Å². The summed E-state index contributed by atoms with van der Waals surface area (Å²) in [4.78, 5) is 4.20. The fourth-order valence-corrected chi connectivity index (χ4v) is 8.03. The molecule has 0 unspecified atom stereocenters. The van der Waals surface area contributed by atoms with Crippen LogP contribution in [0.3, 0.4) is 0 Å². The third-order valence-corrected chi connectivity index (χ3v) is 10.6. The van der Waals surface area contributed by atoms with Crippen molar-refractivity contribution in [3.8, 4) is 11.3 Å². The molecule has 0 aliphatic carbocycles. The molecular formula is C28H39F4N5O3S2. The standard InChI is InChI=1S/C28H39F4N5O3S2/c1-42(39,40)36-12-8-25-23(19-36)27(33-37(25)18-22(38)17-34-9-3-2-4-10-34)20-5-6-24(28(30,31)32)26(15-20)41-14-13-35-11-7-21(29)16-35/h5-6,15,21-22,38H,2-4,7-14,16-19H2,1H3/t21-,22-/m0/s1. The summed E-state index contributed by atoms with van der Waals surface area (Å²) in [6.07, 6.45) is -0.792. The molecule has 14 heteroatoms. The van der Waals surface area contributed by atoms with Crippen LogP contribution in [0.4, 0.5) is 17.6 Å². The minimum Gasteiger partial charge on any atom is -0.390 e. The van der Waals surface area contributed by atoms with Crippen molar-refractivity contribution in [3.05, 3.63) is 35.0 Å². The van der Waals surface area contributed by atoms with E-state index in [0.29, 0.717) is 61.6 Å². The summed E-state index contributed by atoms with van der Waals surface area (Å²) < 4.78 is 83.3. The highest BCUT2D eigenvalue weighted by molar-refractivity contribution is 7.99. The number of thioether (sulfide) groups is 1. The van der Waals surface area contributed by atoms with E-state index >= 15 is 0 Å². The smallest absolute Gasteiger partial charge is 0.390 e. The van der Waals surface area contributed by atoms with Gasteiger partial charge in [-0.3, -0.25) is 9.58 Å². The van der Waals surface area contributed by atoms with Gasteiger partial charge < -0.3 is 10.0 Å². The first-order chi connectivity index (χ1) is 19.9. The number of likely N-dealkylation sites (tertiary alicyclic amines) is 2. The van der Waals surface area contributed by atoms with E-state index in [0.717, 1.165) is 55.7 Å². The summed E-state index contributed by atoms with van der Waals surface area (Å²) in [6, 6.07) is 3.92. The van der Waals surface area contributed by atoms with E-state index in [4.69, 9.17) is 5.10 Å². The number of rotatable bonds is 10. The van der Waals surface area contributed by atoms with Crippen molar-refractivity contribution in [2.45, 2.75) is 68.5 Å². The van der Waals surface area contributed by atoms with Crippen LogP contribution >= 0.6 is 11.8 Å². The quantitative estimate of drug-likeness (QED) is 0.314. The first-order valence-corrected chi connectivity index (χ1v) is 17.4. The lowest BCUT2D eigenvalue weighted by Crippen LogP contribution is -2.39. The molecule has 5 rings (SSSR count).